The number of hydrogen-bond donors (Lipinski definition) is 2. The molecule has 0 bridgehead atoms. The summed E-state index contributed by atoms with van der Waals surface area (Å²) < 4.78 is 38.2. The van der Waals surface area contributed by atoms with E-state index in [9.17, 15) is 8.42 Å². The Hall–Kier alpha value is -2.62. The SMILES string of the molecule is COc1ccc(S(=O)(=O)NC2CC2)cc1NCc1nc(-c2ccc(Cl)cc2)no1. The van der Waals surface area contributed by atoms with Crippen LogP contribution < -0.4 is 14.8 Å². The summed E-state index contributed by atoms with van der Waals surface area (Å²) in [5.74, 6) is 1.30. The summed E-state index contributed by atoms with van der Waals surface area (Å²) in [5, 5.41) is 7.68. The minimum absolute atomic E-state index is 0.0307. The first kappa shape index (κ1) is 19.7. The zero-order valence-corrected chi connectivity index (χ0v) is 17.1. The minimum Gasteiger partial charge on any atom is -0.495 e. The van der Waals surface area contributed by atoms with Crippen molar-refractivity contribution in [1.29, 1.82) is 0 Å². The van der Waals surface area contributed by atoms with Crippen molar-refractivity contribution in [2.24, 2.45) is 0 Å². The number of sulfonamides is 1. The van der Waals surface area contributed by atoms with Gasteiger partial charge in [0.2, 0.25) is 21.7 Å². The van der Waals surface area contributed by atoms with Crippen molar-refractivity contribution in [3.8, 4) is 17.1 Å². The summed E-state index contributed by atoms with van der Waals surface area (Å²) in [7, 11) is -2.05. The van der Waals surface area contributed by atoms with Crippen LogP contribution in [0.2, 0.25) is 5.02 Å². The molecule has 1 fully saturated rings. The van der Waals surface area contributed by atoms with Gasteiger partial charge in [-0.15, -0.1) is 0 Å². The molecule has 10 heteroatoms. The first-order valence-electron chi connectivity index (χ1n) is 8.97. The molecular formula is C19H19ClN4O4S. The lowest BCUT2D eigenvalue weighted by molar-refractivity contribution is 0.383. The van der Waals surface area contributed by atoms with Crippen molar-refractivity contribution < 1.29 is 17.7 Å². The van der Waals surface area contributed by atoms with Crippen molar-refractivity contribution in [3.63, 3.8) is 0 Å². The summed E-state index contributed by atoms with van der Waals surface area (Å²) >= 11 is 5.89. The highest BCUT2D eigenvalue weighted by atomic mass is 35.5. The van der Waals surface area contributed by atoms with Crippen molar-refractivity contribution in [2.45, 2.75) is 30.3 Å². The van der Waals surface area contributed by atoms with Crippen LogP contribution in [-0.2, 0) is 16.6 Å². The molecule has 1 aromatic heterocycles. The number of nitrogens with zero attached hydrogens (tertiary/aromatic N) is 2. The van der Waals surface area contributed by atoms with Gasteiger partial charge in [0.15, 0.2) is 0 Å². The average Bonchev–Trinajstić information content (AvgIpc) is 3.39. The van der Waals surface area contributed by atoms with Gasteiger partial charge < -0.3 is 14.6 Å². The molecule has 0 aliphatic heterocycles. The zero-order chi connectivity index (χ0) is 20.4. The predicted octanol–water partition coefficient (Wildman–Crippen LogP) is 3.45. The molecule has 0 atom stereocenters. The van der Waals surface area contributed by atoms with Crippen LogP contribution in [0.4, 0.5) is 5.69 Å². The van der Waals surface area contributed by atoms with Gasteiger partial charge in [0.05, 0.1) is 24.2 Å². The van der Waals surface area contributed by atoms with Crippen LogP contribution in [-0.4, -0.2) is 31.7 Å². The number of methoxy groups -OCH3 is 1. The van der Waals surface area contributed by atoms with E-state index in [4.69, 9.17) is 20.9 Å². The molecule has 1 saturated carbocycles. The standard InChI is InChI=1S/C19H19ClN4O4S/c1-27-17-9-8-15(29(25,26)24-14-6-7-14)10-16(17)21-11-18-22-19(23-28-18)12-2-4-13(20)5-3-12/h2-5,8-10,14,21,24H,6-7,11H2,1H3. The molecule has 0 radical (unpaired) electrons. The van der Waals surface area contributed by atoms with Gasteiger partial charge in [-0.2, -0.15) is 4.98 Å². The summed E-state index contributed by atoms with van der Waals surface area (Å²) in [5.41, 5.74) is 1.29. The van der Waals surface area contributed by atoms with Crippen LogP contribution in [0.1, 0.15) is 18.7 Å². The Bertz CT molecular complexity index is 1110. The van der Waals surface area contributed by atoms with Crippen molar-refractivity contribution in [2.75, 3.05) is 12.4 Å². The Kier molecular flexibility index (Phi) is 5.44. The number of nitrogens with one attached hydrogen (secondary N) is 2. The van der Waals surface area contributed by atoms with E-state index in [1.807, 2.05) is 0 Å². The van der Waals surface area contributed by atoms with Crippen molar-refractivity contribution >= 4 is 27.3 Å². The van der Waals surface area contributed by atoms with E-state index in [-0.39, 0.29) is 17.5 Å². The highest BCUT2D eigenvalue weighted by Gasteiger charge is 2.28. The minimum atomic E-state index is -3.57. The maximum absolute atomic E-state index is 12.5. The Morgan fingerprint density at radius 3 is 2.66 bits per heavy atom. The Morgan fingerprint density at radius 1 is 1.21 bits per heavy atom. The first-order valence-corrected chi connectivity index (χ1v) is 10.8. The van der Waals surface area contributed by atoms with Gasteiger partial charge in [-0.1, -0.05) is 16.8 Å². The highest BCUT2D eigenvalue weighted by Crippen LogP contribution is 2.29. The smallest absolute Gasteiger partial charge is 0.246 e. The topological polar surface area (TPSA) is 106 Å². The summed E-state index contributed by atoms with van der Waals surface area (Å²) in [6, 6.07) is 11.8. The maximum atomic E-state index is 12.5. The monoisotopic (exact) mass is 434 g/mol. The lowest BCUT2D eigenvalue weighted by atomic mass is 10.2. The number of rotatable bonds is 8. The number of halogens is 1. The Labute approximate surface area is 173 Å². The molecule has 1 aliphatic rings. The third-order valence-electron chi connectivity index (χ3n) is 4.38. The highest BCUT2D eigenvalue weighted by molar-refractivity contribution is 7.89. The summed E-state index contributed by atoms with van der Waals surface area (Å²) in [6.45, 7) is 0.205. The van der Waals surface area contributed by atoms with E-state index in [0.29, 0.717) is 28.2 Å². The summed E-state index contributed by atoms with van der Waals surface area (Å²) in [6.07, 6.45) is 1.74. The molecule has 0 saturated heterocycles. The van der Waals surface area contributed by atoms with Gasteiger partial charge in [-0.25, -0.2) is 13.1 Å². The number of benzene rings is 2. The van der Waals surface area contributed by atoms with Gasteiger partial charge in [0, 0.05) is 16.6 Å². The number of ether oxygens (including phenoxy) is 1. The normalized spacial score (nSPS) is 14.0. The van der Waals surface area contributed by atoms with Crippen LogP contribution in [0, 0.1) is 0 Å². The lowest BCUT2D eigenvalue weighted by Gasteiger charge is -2.12. The van der Waals surface area contributed by atoms with E-state index < -0.39 is 10.0 Å². The van der Waals surface area contributed by atoms with Crippen LogP contribution in [0.15, 0.2) is 51.9 Å². The van der Waals surface area contributed by atoms with E-state index >= 15 is 0 Å². The molecule has 4 rings (SSSR count). The Balaban J connectivity index is 1.50. The first-order chi connectivity index (χ1) is 13.9. The molecule has 1 heterocycles. The molecule has 0 spiro atoms. The van der Waals surface area contributed by atoms with Crippen LogP contribution in [0.25, 0.3) is 11.4 Å². The third kappa shape index (κ3) is 4.69. The summed E-state index contributed by atoms with van der Waals surface area (Å²) in [4.78, 5) is 4.51. The van der Waals surface area contributed by atoms with Crippen LogP contribution in [0.3, 0.4) is 0 Å². The molecule has 2 aromatic carbocycles. The molecule has 1 aliphatic carbocycles. The molecule has 0 amide bonds. The van der Waals surface area contributed by atoms with Crippen LogP contribution in [0.5, 0.6) is 5.75 Å². The maximum Gasteiger partial charge on any atom is 0.246 e. The van der Waals surface area contributed by atoms with Gasteiger partial charge in [0.1, 0.15) is 5.75 Å². The number of hydrogen-bond acceptors (Lipinski definition) is 7. The van der Waals surface area contributed by atoms with E-state index in [0.717, 1.165) is 18.4 Å². The average molecular weight is 435 g/mol. The van der Waals surface area contributed by atoms with Crippen molar-refractivity contribution in [1.82, 2.24) is 14.9 Å². The van der Waals surface area contributed by atoms with E-state index in [1.165, 1.54) is 19.2 Å². The predicted molar refractivity (Wildman–Crippen MR) is 108 cm³/mol. The van der Waals surface area contributed by atoms with E-state index in [2.05, 4.69) is 20.2 Å². The molecular weight excluding hydrogens is 416 g/mol. The molecule has 3 aromatic rings. The third-order valence-corrected chi connectivity index (χ3v) is 6.15. The second-order valence-electron chi connectivity index (χ2n) is 6.63. The lowest BCUT2D eigenvalue weighted by Crippen LogP contribution is -2.25. The van der Waals surface area contributed by atoms with Gasteiger partial charge in [-0.05, 0) is 55.3 Å². The van der Waals surface area contributed by atoms with Crippen LogP contribution >= 0.6 is 11.6 Å². The molecule has 152 valence electrons. The van der Waals surface area contributed by atoms with E-state index in [1.54, 1.807) is 30.3 Å². The van der Waals surface area contributed by atoms with Gasteiger partial charge >= 0.3 is 0 Å². The number of anilines is 1. The molecule has 2 N–H and O–H groups in total. The zero-order valence-electron chi connectivity index (χ0n) is 15.6. The number of aromatic nitrogens is 2. The molecule has 8 nitrogen and oxygen atoms in total. The fourth-order valence-electron chi connectivity index (χ4n) is 2.69. The molecule has 0 unspecified atom stereocenters. The largest absolute Gasteiger partial charge is 0.495 e. The second kappa shape index (κ2) is 8.02. The van der Waals surface area contributed by atoms with Gasteiger partial charge in [-0.3, -0.25) is 0 Å². The quantitative estimate of drug-likeness (QED) is 0.559. The second-order valence-corrected chi connectivity index (χ2v) is 8.78. The molecule has 29 heavy (non-hydrogen) atoms. The fraction of sp³-hybridized carbons (Fsp3) is 0.263. The Morgan fingerprint density at radius 2 is 1.97 bits per heavy atom. The van der Waals surface area contributed by atoms with Crippen molar-refractivity contribution in [3.05, 3.63) is 53.4 Å². The van der Waals surface area contributed by atoms with Gasteiger partial charge in [0.25, 0.3) is 0 Å². The fourth-order valence-corrected chi connectivity index (χ4v) is 4.15.